The van der Waals surface area contributed by atoms with E-state index >= 15 is 0 Å². The molecule has 5 heteroatoms. The maximum absolute atomic E-state index is 12.0. The predicted octanol–water partition coefficient (Wildman–Crippen LogP) is 3.03. The summed E-state index contributed by atoms with van der Waals surface area (Å²) in [6.45, 7) is 8.69. The lowest BCUT2D eigenvalue weighted by Gasteiger charge is -2.34. The van der Waals surface area contributed by atoms with Gasteiger partial charge in [-0.2, -0.15) is 0 Å². The van der Waals surface area contributed by atoms with Gasteiger partial charge in [-0.1, -0.05) is 40.0 Å². The number of nitrogens with one attached hydrogen (secondary N) is 2. The fourth-order valence-electron chi connectivity index (χ4n) is 3.13. The van der Waals surface area contributed by atoms with Gasteiger partial charge in [0.25, 0.3) is 0 Å². The summed E-state index contributed by atoms with van der Waals surface area (Å²) in [5.74, 6) is 1.12. The molecule has 24 heavy (non-hydrogen) atoms. The van der Waals surface area contributed by atoms with Crippen molar-refractivity contribution in [3.63, 3.8) is 0 Å². The smallest absolute Gasteiger partial charge is 0.220 e. The minimum absolute atomic E-state index is 0.000927. The molecule has 1 aliphatic carbocycles. The Kier molecular flexibility index (Phi) is 10.7. The molecule has 1 aliphatic rings. The van der Waals surface area contributed by atoms with E-state index in [1.54, 1.807) is 0 Å². The van der Waals surface area contributed by atoms with Crippen molar-refractivity contribution in [2.24, 2.45) is 11.8 Å². The molecule has 140 valence electrons. The van der Waals surface area contributed by atoms with Crippen LogP contribution in [0.4, 0.5) is 0 Å². The summed E-state index contributed by atoms with van der Waals surface area (Å²) in [6.07, 6.45) is 7.06. The summed E-state index contributed by atoms with van der Waals surface area (Å²) < 4.78 is 5.44. The third kappa shape index (κ3) is 8.67. The van der Waals surface area contributed by atoms with Crippen molar-refractivity contribution in [2.75, 3.05) is 19.8 Å². The van der Waals surface area contributed by atoms with E-state index in [1.165, 1.54) is 12.8 Å². The number of rotatable bonds is 11. The minimum atomic E-state index is -0.0521. The number of unbranched alkanes of at least 4 members (excludes halogenated alkanes) is 1. The first-order valence-corrected chi connectivity index (χ1v) is 9.68. The Morgan fingerprint density at radius 3 is 2.50 bits per heavy atom. The van der Waals surface area contributed by atoms with Crippen LogP contribution in [0.5, 0.6) is 0 Å². The summed E-state index contributed by atoms with van der Waals surface area (Å²) in [7, 11) is 0. The van der Waals surface area contributed by atoms with Gasteiger partial charge in [-0.05, 0) is 31.1 Å². The van der Waals surface area contributed by atoms with E-state index in [2.05, 4.69) is 31.4 Å². The van der Waals surface area contributed by atoms with E-state index in [1.807, 2.05) is 0 Å². The Balaban J connectivity index is 2.06. The van der Waals surface area contributed by atoms with E-state index in [0.29, 0.717) is 25.0 Å². The van der Waals surface area contributed by atoms with Crippen LogP contribution in [0.15, 0.2) is 0 Å². The third-order valence-electron chi connectivity index (χ3n) is 5.06. The highest BCUT2D eigenvalue weighted by atomic mass is 16.5. The summed E-state index contributed by atoms with van der Waals surface area (Å²) in [5.41, 5.74) is 0. The summed E-state index contributed by atoms with van der Waals surface area (Å²) >= 11 is 0. The second kappa shape index (κ2) is 12.3. The second-order valence-electron chi connectivity index (χ2n) is 7.11. The topological polar surface area (TPSA) is 67.4 Å². The lowest BCUT2D eigenvalue weighted by Crippen LogP contribution is -2.43. The molecular weight excluding hydrogens is 304 g/mol. The first kappa shape index (κ1) is 20.9. The SMILES string of the molecule is CCCCOCCCNC(=O)CCC(=O)N[C@@H]1CCC[C@H](C)[C@@H]1C. The van der Waals surface area contributed by atoms with E-state index in [4.69, 9.17) is 4.74 Å². The van der Waals surface area contributed by atoms with Crippen molar-refractivity contribution in [3.05, 3.63) is 0 Å². The minimum Gasteiger partial charge on any atom is -0.381 e. The zero-order valence-electron chi connectivity index (χ0n) is 15.7. The van der Waals surface area contributed by atoms with Crippen LogP contribution < -0.4 is 10.6 Å². The molecule has 0 heterocycles. The molecule has 0 saturated heterocycles. The average Bonchev–Trinajstić information content (AvgIpc) is 2.56. The maximum Gasteiger partial charge on any atom is 0.220 e. The van der Waals surface area contributed by atoms with Gasteiger partial charge in [0.15, 0.2) is 0 Å². The monoisotopic (exact) mass is 340 g/mol. The van der Waals surface area contributed by atoms with Crippen LogP contribution in [-0.2, 0) is 14.3 Å². The summed E-state index contributed by atoms with van der Waals surface area (Å²) in [6, 6.07) is 0.268. The van der Waals surface area contributed by atoms with Crippen molar-refractivity contribution >= 4 is 11.8 Å². The highest BCUT2D eigenvalue weighted by Gasteiger charge is 2.27. The van der Waals surface area contributed by atoms with Crippen LogP contribution >= 0.6 is 0 Å². The molecule has 3 atom stereocenters. The highest BCUT2D eigenvalue weighted by Crippen LogP contribution is 2.29. The first-order valence-electron chi connectivity index (χ1n) is 9.68. The highest BCUT2D eigenvalue weighted by molar-refractivity contribution is 5.83. The predicted molar refractivity (Wildman–Crippen MR) is 96.7 cm³/mol. The van der Waals surface area contributed by atoms with Crippen LogP contribution in [0, 0.1) is 11.8 Å². The van der Waals surface area contributed by atoms with E-state index < -0.39 is 0 Å². The van der Waals surface area contributed by atoms with Crippen molar-refractivity contribution in [1.29, 1.82) is 0 Å². The van der Waals surface area contributed by atoms with Crippen molar-refractivity contribution in [2.45, 2.75) is 78.2 Å². The molecule has 2 amide bonds. The van der Waals surface area contributed by atoms with Gasteiger partial charge in [-0.3, -0.25) is 9.59 Å². The Bertz CT molecular complexity index is 374. The molecule has 0 aliphatic heterocycles. The van der Waals surface area contributed by atoms with Crippen molar-refractivity contribution in [1.82, 2.24) is 10.6 Å². The molecule has 0 spiro atoms. The van der Waals surface area contributed by atoms with Gasteiger partial charge in [-0.15, -0.1) is 0 Å². The van der Waals surface area contributed by atoms with Crippen LogP contribution in [-0.4, -0.2) is 37.6 Å². The largest absolute Gasteiger partial charge is 0.381 e. The average molecular weight is 341 g/mol. The maximum atomic E-state index is 12.0. The fraction of sp³-hybridized carbons (Fsp3) is 0.895. The molecular formula is C19H36N2O3. The van der Waals surface area contributed by atoms with Gasteiger partial charge in [0.2, 0.25) is 11.8 Å². The normalized spacial score (nSPS) is 23.7. The van der Waals surface area contributed by atoms with Crippen LogP contribution in [0.3, 0.4) is 0 Å². The van der Waals surface area contributed by atoms with Crippen molar-refractivity contribution in [3.8, 4) is 0 Å². The van der Waals surface area contributed by atoms with Gasteiger partial charge in [0.1, 0.15) is 0 Å². The Morgan fingerprint density at radius 1 is 1.04 bits per heavy atom. The number of ether oxygens (including phenoxy) is 1. The number of carbonyl (C=O) groups excluding carboxylic acids is 2. The molecule has 5 nitrogen and oxygen atoms in total. The van der Waals surface area contributed by atoms with E-state index in [0.717, 1.165) is 32.3 Å². The van der Waals surface area contributed by atoms with Crippen LogP contribution in [0.25, 0.3) is 0 Å². The third-order valence-corrected chi connectivity index (χ3v) is 5.06. The molecule has 0 aromatic carbocycles. The molecule has 0 bridgehead atoms. The molecule has 1 rings (SSSR count). The fourth-order valence-corrected chi connectivity index (χ4v) is 3.13. The molecule has 0 radical (unpaired) electrons. The quantitative estimate of drug-likeness (QED) is 0.568. The van der Waals surface area contributed by atoms with Gasteiger partial charge < -0.3 is 15.4 Å². The molecule has 2 N–H and O–H groups in total. The second-order valence-corrected chi connectivity index (χ2v) is 7.11. The molecule has 1 fully saturated rings. The summed E-state index contributed by atoms with van der Waals surface area (Å²) in [4.78, 5) is 23.8. The van der Waals surface area contributed by atoms with Gasteiger partial charge in [0.05, 0.1) is 0 Å². The number of carbonyl (C=O) groups is 2. The zero-order valence-corrected chi connectivity index (χ0v) is 15.7. The van der Waals surface area contributed by atoms with Gasteiger partial charge in [-0.25, -0.2) is 0 Å². The number of hydrogen-bond donors (Lipinski definition) is 2. The molecule has 0 aromatic heterocycles. The number of hydrogen-bond acceptors (Lipinski definition) is 3. The number of amides is 2. The molecule has 1 saturated carbocycles. The van der Waals surface area contributed by atoms with Gasteiger partial charge >= 0.3 is 0 Å². The van der Waals surface area contributed by atoms with Crippen molar-refractivity contribution < 1.29 is 14.3 Å². The lowest BCUT2D eigenvalue weighted by molar-refractivity contribution is -0.127. The molecule has 0 unspecified atom stereocenters. The van der Waals surface area contributed by atoms with E-state index in [9.17, 15) is 9.59 Å². The summed E-state index contributed by atoms with van der Waals surface area (Å²) in [5, 5.41) is 5.96. The van der Waals surface area contributed by atoms with E-state index in [-0.39, 0.29) is 30.7 Å². The standard InChI is InChI=1S/C19H36N2O3/c1-4-5-13-24-14-7-12-20-18(22)10-11-19(23)21-17-9-6-8-15(2)16(17)3/h15-17H,4-14H2,1-3H3,(H,20,22)(H,21,23)/t15-,16-,17+/m0/s1. The Morgan fingerprint density at radius 2 is 1.75 bits per heavy atom. The van der Waals surface area contributed by atoms with Crippen LogP contribution in [0.1, 0.15) is 72.1 Å². The Hall–Kier alpha value is -1.10. The van der Waals surface area contributed by atoms with Gasteiger partial charge in [0, 0.05) is 38.6 Å². The lowest BCUT2D eigenvalue weighted by atomic mass is 9.78. The zero-order chi connectivity index (χ0) is 17.8. The first-order chi connectivity index (χ1) is 11.5. The molecule has 0 aromatic rings. The van der Waals surface area contributed by atoms with Crippen LogP contribution in [0.2, 0.25) is 0 Å². The Labute approximate surface area is 147 Å².